The van der Waals surface area contributed by atoms with Crippen LogP contribution in [0.4, 0.5) is 11.4 Å². The summed E-state index contributed by atoms with van der Waals surface area (Å²) in [5.74, 6) is -1.20. The molecule has 0 saturated heterocycles. The average Bonchev–Trinajstić information content (AvgIpc) is 3.21. The molecule has 0 atom stereocenters. The van der Waals surface area contributed by atoms with Gasteiger partial charge in [-0.05, 0) is 72.4 Å². The van der Waals surface area contributed by atoms with E-state index in [4.69, 9.17) is 10.4 Å². The van der Waals surface area contributed by atoms with Crippen molar-refractivity contribution in [1.82, 2.24) is 0 Å². The van der Waals surface area contributed by atoms with Crippen molar-refractivity contribution in [3.63, 3.8) is 0 Å². The molecule has 2 aromatic carbocycles. The van der Waals surface area contributed by atoms with Crippen LogP contribution in [0.15, 0.2) is 60.2 Å². The fraction of sp³-hybridized carbons (Fsp3) is 0.231. The predicted octanol–water partition coefficient (Wildman–Crippen LogP) is 6.53. The van der Waals surface area contributed by atoms with Crippen LogP contribution in [0.5, 0.6) is 0 Å². The number of hydrogen-bond acceptors (Lipinski definition) is 4. The molecule has 3 aromatic rings. The molecule has 4 nitrogen and oxygen atoms in total. The van der Waals surface area contributed by atoms with Crippen LogP contribution in [0.3, 0.4) is 0 Å². The number of nitriles is 1. The van der Waals surface area contributed by atoms with Gasteiger partial charge in [-0.2, -0.15) is 5.26 Å². The van der Waals surface area contributed by atoms with Crippen LogP contribution in [-0.2, 0) is 10.2 Å². The maximum atomic E-state index is 11.1. The topological polar surface area (TPSA) is 64.3 Å². The molecule has 0 spiro atoms. The highest BCUT2D eigenvalue weighted by Gasteiger charge is 2.32. The Bertz CT molecular complexity index is 1210. The predicted molar refractivity (Wildman–Crippen MR) is 127 cm³/mol. The number of hydrogen-bond donors (Lipinski definition) is 1. The molecule has 0 radical (unpaired) electrons. The Morgan fingerprint density at radius 3 is 2.58 bits per heavy atom. The molecule has 1 aliphatic rings. The monoisotopic (exact) mass is 428 g/mol. The summed E-state index contributed by atoms with van der Waals surface area (Å²) in [5.41, 5.74) is 5.91. The van der Waals surface area contributed by atoms with Crippen molar-refractivity contribution < 1.29 is 9.90 Å². The standard InChI is InChI=1S/C26H24N2O2S/c1-17-4-7-20(8-5-17)28-13-12-26(2,3)22-15-18(6-10-23(22)28)24-11-9-21(31-24)14-19(16-27)25(29)30/h4-11,14-15H,12-13H2,1-3H3,(H,29,30)/b19-14+. The molecular weight excluding hydrogens is 404 g/mol. The molecule has 31 heavy (non-hydrogen) atoms. The van der Waals surface area contributed by atoms with Crippen molar-refractivity contribution in [1.29, 1.82) is 5.26 Å². The second kappa shape index (κ2) is 8.05. The Balaban J connectivity index is 1.73. The first-order valence-electron chi connectivity index (χ1n) is 10.2. The second-order valence-electron chi connectivity index (χ2n) is 8.53. The van der Waals surface area contributed by atoms with Crippen LogP contribution in [0.2, 0.25) is 0 Å². The third-order valence-electron chi connectivity index (χ3n) is 5.87. The zero-order valence-corrected chi connectivity index (χ0v) is 18.7. The summed E-state index contributed by atoms with van der Waals surface area (Å²) in [7, 11) is 0. The van der Waals surface area contributed by atoms with Gasteiger partial charge in [-0.15, -0.1) is 11.3 Å². The Morgan fingerprint density at radius 1 is 1.16 bits per heavy atom. The fourth-order valence-electron chi connectivity index (χ4n) is 3.98. The van der Waals surface area contributed by atoms with Gasteiger partial charge in [0.2, 0.25) is 0 Å². The van der Waals surface area contributed by atoms with Crippen LogP contribution in [-0.4, -0.2) is 17.6 Å². The Labute approximate surface area is 186 Å². The summed E-state index contributed by atoms with van der Waals surface area (Å²) in [6.07, 6.45) is 2.48. The molecule has 5 heteroatoms. The van der Waals surface area contributed by atoms with E-state index >= 15 is 0 Å². The largest absolute Gasteiger partial charge is 0.477 e. The molecule has 1 aromatic heterocycles. The quantitative estimate of drug-likeness (QED) is 0.379. The summed E-state index contributed by atoms with van der Waals surface area (Å²) < 4.78 is 0. The summed E-state index contributed by atoms with van der Waals surface area (Å²) in [5, 5.41) is 18.1. The number of benzene rings is 2. The smallest absolute Gasteiger partial charge is 0.346 e. The minimum Gasteiger partial charge on any atom is -0.477 e. The van der Waals surface area contributed by atoms with Gasteiger partial charge < -0.3 is 10.0 Å². The van der Waals surface area contributed by atoms with Crippen molar-refractivity contribution in [3.8, 4) is 16.5 Å². The van der Waals surface area contributed by atoms with Gasteiger partial charge in [0.05, 0.1) is 0 Å². The number of nitrogens with zero attached hydrogens (tertiary/aromatic N) is 2. The van der Waals surface area contributed by atoms with Gasteiger partial charge in [0, 0.05) is 27.7 Å². The van der Waals surface area contributed by atoms with E-state index in [0.717, 1.165) is 28.3 Å². The van der Waals surface area contributed by atoms with Gasteiger partial charge in [-0.3, -0.25) is 0 Å². The molecule has 1 N–H and O–H groups in total. The Kier molecular flexibility index (Phi) is 5.43. The number of thiophene rings is 1. The Hall–Kier alpha value is -3.36. The molecule has 0 saturated carbocycles. The lowest BCUT2D eigenvalue weighted by Gasteiger charge is -2.40. The maximum Gasteiger partial charge on any atom is 0.346 e. The van der Waals surface area contributed by atoms with Crippen molar-refractivity contribution in [2.75, 3.05) is 11.4 Å². The molecule has 4 rings (SSSR count). The lowest BCUT2D eigenvalue weighted by atomic mass is 9.77. The first kappa shape index (κ1) is 20.9. The van der Waals surface area contributed by atoms with Gasteiger partial charge in [0.1, 0.15) is 11.6 Å². The van der Waals surface area contributed by atoms with E-state index in [1.807, 2.05) is 12.1 Å². The molecule has 2 heterocycles. The number of carbonyl (C=O) groups is 1. The van der Waals surface area contributed by atoms with Crippen LogP contribution in [0.25, 0.3) is 16.5 Å². The summed E-state index contributed by atoms with van der Waals surface area (Å²) >= 11 is 1.49. The maximum absolute atomic E-state index is 11.1. The first-order valence-corrected chi connectivity index (χ1v) is 11.0. The number of aliphatic carboxylic acids is 1. The summed E-state index contributed by atoms with van der Waals surface area (Å²) in [6, 6.07) is 20.8. The molecule has 156 valence electrons. The van der Waals surface area contributed by atoms with E-state index < -0.39 is 5.97 Å². The molecular formula is C26H24N2O2S. The van der Waals surface area contributed by atoms with Gasteiger partial charge in [-0.1, -0.05) is 37.6 Å². The van der Waals surface area contributed by atoms with Gasteiger partial charge in [-0.25, -0.2) is 4.79 Å². The Morgan fingerprint density at radius 2 is 1.90 bits per heavy atom. The summed E-state index contributed by atoms with van der Waals surface area (Å²) in [4.78, 5) is 15.3. The number of fused-ring (bicyclic) bond motifs is 1. The molecule has 1 aliphatic heterocycles. The number of anilines is 2. The zero-order chi connectivity index (χ0) is 22.2. The van der Waals surface area contributed by atoms with Crippen LogP contribution in [0, 0.1) is 18.3 Å². The van der Waals surface area contributed by atoms with Crippen LogP contribution >= 0.6 is 11.3 Å². The van der Waals surface area contributed by atoms with Gasteiger partial charge in [0.25, 0.3) is 0 Å². The SMILES string of the molecule is Cc1ccc(N2CCC(C)(C)c3cc(-c4ccc(/C=C(\C#N)C(=O)O)s4)ccc32)cc1. The number of rotatable bonds is 4. The van der Waals surface area contributed by atoms with E-state index in [0.29, 0.717) is 0 Å². The number of carboxylic acid groups (broad SMARTS) is 1. The van der Waals surface area contributed by atoms with Crippen LogP contribution in [0.1, 0.15) is 36.3 Å². The molecule has 0 fully saturated rings. The summed E-state index contributed by atoms with van der Waals surface area (Å²) in [6.45, 7) is 7.65. The average molecular weight is 429 g/mol. The lowest BCUT2D eigenvalue weighted by molar-refractivity contribution is -0.132. The van der Waals surface area contributed by atoms with Crippen molar-refractivity contribution in [3.05, 3.63) is 76.2 Å². The van der Waals surface area contributed by atoms with E-state index in [9.17, 15) is 4.79 Å². The highest BCUT2D eigenvalue weighted by molar-refractivity contribution is 7.16. The van der Waals surface area contributed by atoms with E-state index in [2.05, 4.69) is 68.1 Å². The number of carboxylic acids is 1. The van der Waals surface area contributed by atoms with Crippen molar-refractivity contribution >= 4 is 34.8 Å². The first-order chi connectivity index (χ1) is 14.8. The second-order valence-corrected chi connectivity index (χ2v) is 9.65. The highest BCUT2D eigenvalue weighted by atomic mass is 32.1. The highest BCUT2D eigenvalue weighted by Crippen LogP contribution is 2.45. The van der Waals surface area contributed by atoms with Crippen molar-refractivity contribution in [2.45, 2.75) is 32.6 Å². The number of aryl methyl sites for hydroxylation is 1. The third kappa shape index (κ3) is 4.12. The van der Waals surface area contributed by atoms with Gasteiger partial charge >= 0.3 is 5.97 Å². The van der Waals surface area contributed by atoms with Crippen molar-refractivity contribution in [2.24, 2.45) is 0 Å². The third-order valence-corrected chi connectivity index (χ3v) is 6.95. The molecule has 0 aliphatic carbocycles. The molecule has 0 amide bonds. The molecule has 0 bridgehead atoms. The van der Waals surface area contributed by atoms with Gasteiger partial charge in [0.15, 0.2) is 0 Å². The fourth-order valence-corrected chi connectivity index (χ4v) is 4.92. The molecule has 0 unspecified atom stereocenters. The van der Waals surface area contributed by atoms with E-state index in [-0.39, 0.29) is 11.0 Å². The zero-order valence-electron chi connectivity index (χ0n) is 17.8. The van der Waals surface area contributed by atoms with Crippen LogP contribution < -0.4 is 4.90 Å². The van der Waals surface area contributed by atoms with E-state index in [1.165, 1.54) is 39.9 Å². The lowest BCUT2D eigenvalue weighted by Crippen LogP contribution is -2.34. The van der Waals surface area contributed by atoms with E-state index in [1.54, 1.807) is 6.07 Å². The minimum atomic E-state index is -1.20. The minimum absolute atomic E-state index is 0.0593. The normalized spacial score (nSPS) is 15.3.